The summed E-state index contributed by atoms with van der Waals surface area (Å²) in [5, 5.41) is 7.47. The van der Waals surface area contributed by atoms with E-state index in [0.29, 0.717) is 6.04 Å². The summed E-state index contributed by atoms with van der Waals surface area (Å²) < 4.78 is 10.8. The fraction of sp³-hybridized carbons (Fsp3) is 0.500. The van der Waals surface area contributed by atoms with E-state index in [1.54, 1.807) is 0 Å². The van der Waals surface area contributed by atoms with Gasteiger partial charge >= 0.3 is 0 Å². The first kappa shape index (κ1) is 16.6. The third-order valence-electron chi connectivity index (χ3n) is 3.44. The van der Waals surface area contributed by atoms with E-state index in [9.17, 15) is 0 Å². The van der Waals surface area contributed by atoms with Crippen molar-refractivity contribution >= 4 is 0 Å². The number of ether oxygens (including phenoxy) is 1. The Hall–Kier alpha value is -1.81. The van der Waals surface area contributed by atoms with Gasteiger partial charge < -0.3 is 14.6 Å². The van der Waals surface area contributed by atoms with Gasteiger partial charge in [0.15, 0.2) is 0 Å². The molecule has 1 heterocycles. The second-order valence-corrected chi connectivity index (χ2v) is 6.06. The van der Waals surface area contributed by atoms with Gasteiger partial charge in [0.25, 0.3) is 0 Å². The molecule has 1 aromatic heterocycles. The van der Waals surface area contributed by atoms with Gasteiger partial charge in [-0.05, 0) is 58.2 Å². The number of rotatable bonds is 8. The molecule has 0 aliphatic carbocycles. The molecule has 0 saturated heterocycles. The van der Waals surface area contributed by atoms with Gasteiger partial charge in [-0.3, -0.25) is 0 Å². The van der Waals surface area contributed by atoms with Crippen LogP contribution in [0.1, 0.15) is 44.2 Å². The zero-order chi connectivity index (χ0) is 15.9. The highest BCUT2D eigenvalue weighted by molar-refractivity contribution is 5.28. The fourth-order valence-electron chi connectivity index (χ4n) is 2.31. The van der Waals surface area contributed by atoms with E-state index in [1.807, 2.05) is 32.9 Å². The first-order valence-electron chi connectivity index (χ1n) is 7.94. The molecule has 0 aliphatic rings. The van der Waals surface area contributed by atoms with Crippen LogP contribution < -0.4 is 10.1 Å². The molecule has 0 saturated carbocycles. The van der Waals surface area contributed by atoms with Crippen LogP contribution in [0.2, 0.25) is 0 Å². The SMILES string of the molecule is Cc1cc(CNC(C)CCc2cccc(OC(C)C)c2)no1. The van der Waals surface area contributed by atoms with Crippen LogP contribution in [0, 0.1) is 6.92 Å². The van der Waals surface area contributed by atoms with Crippen LogP contribution in [-0.4, -0.2) is 17.3 Å². The van der Waals surface area contributed by atoms with Crippen LogP contribution in [-0.2, 0) is 13.0 Å². The van der Waals surface area contributed by atoms with Gasteiger partial charge in [0.2, 0.25) is 0 Å². The van der Waals surface area contributed by atoms with Gasteiger partial charge in [-0.2, -0.15) is 0 Å². The van der Waals surface area contributed by atoms with Gasteiger partial charge in [-0.15, -0.1) is 0 Å². The van der Waals surface area contributed by atoms with Crippen molar-refractivity contribution in [3.05, 3.63) is 47.3 Å². The molecule has 1 unspecified atom stereocenters. The molecule has 2 aromatic rings. The van der Waals surface area contributed by atoms with Crippen molar-refractivity contribution in [3.63, 3.8) is 0 Å². The van der Waals surface area contributed by atoms with Gasteiger partial charge in [0, 0.05) is 18.7 Å². The minimum Gasteiger partial charge on any atom is -0.491 e. The van der Waals surface area contributed by atoms with Crippen molar-refractivity contribution in [1.82, 2.24) is 10.5 Å². The Morgan fingerprint density at radius 2 is 2.05 bits per heavy atom. The Morgan fingerprint density at radius 3 is 2.73 bits per heavy atom. The van der Waals surface area contributed by atoms with Gasteiger partial charge in [-0.1, -0.05) is 17.3 Å². The number of hydrogen-bond acceptors (Lipinski definition) is 4. The summed E-state index contributed by atoms with van der Waals surface area (Å²) in [4.78, 5) is 0. The third kappa shape index (κ3) is 5.53. The van der Waals surface area contributed by atoms with Crippen LogP contribution in [0.4, 0.5) is 0 Å². The van der Waals surface area contributed by atoms with E-state index >= 15 is 0 Å². The first-order chi connectivity index (χ1) is 10.5. The molecule has 1 atom stereocenters. The molecule has 0 amide bonds. The molecule has 4 heteroatoms. The Kier molecular flexibility index (Phi) is 6.01. The minimum atomic E-state index is 0.210. The van der Waals surface area contributed by atoms with Crippen LogP contribution in [0.15, 0.2) is 34.9 Å². The summed E-state index contributed by atoms with van der Waals surface area (Å²) in [5.41, 5.74) is 2.26. The number of aromatic nitrogens is 1. The number of hydrogen-bond donors (Lipinski definition) is 1. The average Bonchev–Trinajstić information content (AvgIpc) is 2.88. The largest absolute Gasteiger partial charge is 0.491 e. The average molecular weight is 302 g/mol. The molecular weight excluding hydrogens is 276 g/mol. The van der Waals surface area contributed by atoms with Gasteiger partial charge in [0.05, 0.1) is 11.8 Å². The highest BCUT2D eigenvalue weighted by Gasteiger charge is 2.06. The molecule has 0 spiro atoms. The summed E-state index contributed by atoms with van der Waals surface area (Å²) in [6, 6.07) is 10.7. The molecule has 1 N–H and O–H groups in total. The van der Waals surface area contributed by atoms with Crippen molar-refractivity contribution in [3.8, 4) is 5.75 Å². The maximum Gasteiger partial charge on any atom is 0.133 e. The Morgan fingerprint density at radius 1 is 1.23 bits per heavy atom. The van der Waals surface area contributed by atoms with E-state index in [1.165, 1.54) is 5.56 Å². The van der Waals surface area contributed by atoms with Gasteiger partial charge in [0.1, 0.15) is 11.5 Å². The molecule has 22 heavy (non-hydrogen) atoms. The zero-order valence-corrected chi connectivity index (χ0v) is 13.9. The molecule has 120 valence electrons. The van der Waals surface area contributed by atoms with Gasteiger partial charge in [-0.25, -0.2) is 0 Å². The molecule has 0 bridgehead atoms. The highest BCUT2D eigenvalue weighted by atomic mass is 16.5. The van der Waals surface area contributed by atoms with Crippen molar-refractivity contribution in [2.45, 2.75) is 59.2 Å². The van der Waals surface area contributed by atoms with E-state index in [4.69, 9.17) is 9.26 Å². The summed E-state index contributed by atoms with van der Waals surface area (Å²) in [6.45, 7) is 8.94. The Bertz CT molecular complexity index is 578. The quantitative estimate of drug-likeness (QED) is 0.804. The maximum absolute atomic E-state index is 5.73. The molecule has 0 aliphatic heterocycles. The van der Waals surface area contributed by atoms with Crippen molar-refractivity contribution in [1.29, 1.82) is 0 Å². The molecule has 1 aromatic carbocycles. The predicted octanol–water partition coefficient (Wildman–Crippen LogP) is 3.88. The van der Waals surface area contributed by atoms with Crippen LogP contribution in [0.3, 0.4) is 0 Å². The Labute approximate surface area is 132 Å². The fourth-order valence-corrected chi connectivity index (χ4v) is 2.31. The monoisotopic (exact) mass is 302 g/mol. The number of aryl methyl sites for hydroxylation is 2. The first-order valence-corrected chi connectivity index (χ1v) is 7.94. The lowest BCUT2D eigenvalue weighted by molar-refractivity contribution is 0.242. The lowest BCUT2D eigenvalue weighted by Gasteiger charge is -2.14. The van der Waals surface area contributed by atoms with Crippen LogP contribution in [0.5, 0.6) is 5.75 Å². The minimum absolute atomic E-state index is 0.210. The van der Waals surface area contributed by atoms with Crippen molar-refractivity contribution in [2.75, 3.05) is 0 Å². The van der Waals surface area contributed by atoms with Crippen LogP contribution >= 0.6 is 0 Å². The molecule has 0 radical (unpaired) electrons. The summed E-state index contributed by atoms with van der Waals surface area (Å²) in [6.07, 6.45) is 2.31. The summed E-state index contributed by atoms with van der Waals surface area (Å²) >= 11 is 0. The standard InChI is InChI=1S/C18H26N2O2/c1-13(2)21-18-7-5-6-16(11-18)9-8-14(3)19-12-17-10-15(4)22-20-17/h5-7,10-11,13-14,19H,8-9,12H2,1-4H3. The van der Waals surface area contributed by atoms with Crippen molar-refractivity contribution < 1.29 is 9.26 Å². The normalized spacial score (nSPS) is 12.6. The van der Waals surface area contributed by atoms with Crippen LogP contribution in [0.25, 0.3) is 0 Å². The highest BCUT2D eigenvalue weighted by Crippen LogP contribution is 2.16. The zero-order valence-electron chi connectivity index (χ0n) is 13.9. The number of nitrogens with one attached hydrogen (secondary N) is 1. The lowest BCUT2D eigenvalue weighted by atomic mass is 10.1. The smallest absolute Gasteiger partial charge is 0.133 e. The topological polar surface area (TPSA) is 47.3 Å². The predicted molar refractivity (Wildman–Crippen MR) is 88.1 cm³/mol. The second-order valence-electron chi connectivity index (χ2n) is 6.06. The maximum atomic E-state index is 5.73. The molecule has 4 nitrogen and oxygen atoms in total. The number of benzene rings is 1. The van der Waals surface area contributed by atoms with E-state index in [0.717, 1.165) is 36.6 Å². The third-order valence-corrected chi connectivity index (χ3v) is 3.44. The summed E-state index contributed by atoms with van der Waals surface area (Å²) in [5.74, 6) is 1.80. The summed E-state index contributed by atoms with van der Waals surface area (Å²) in [7, 11) is 0. The second kappa shape index (κ2) is 7.99. The lowest BCUT2D eigenvalue weighted by Crippen LogP contribution is -2.26. The Balaban J connectivity index is 1.77. The number of nitrogens with zero attached hydrogens (tertiary/aromatic N) is 1. The molecule has 2 rings (SSSR count). The molecular formula is C18H26N2O2. The van der Waals surface area contributed by atoms with E-state index < -0.39 is 0 Å². The van der Waals surface area contributed by atoms with E-state index in [-0.39, 0.29) is 6.10 Å². The van der Waals surface area contributed by atoms with Crippen molar-refractivity contribution in [2.24, 2.45) is 0 Å². The molecule has 0 fully saturated rings. The van der Waals surface area contributed by atoms with E-state index in [2.05, 4.69) is 35.6 Å².